The molecule has 0 aromatic heterocycles. The average Bonchev–Trinajstić information content (AvgIpc) is 2.35. The van der Waals surface area contributed by atoms with Crippen LogP contribution in [0.15, 0.2) is 18.2 Å². The molecule has 18 heavy (non-hydrogen) atoms. The van der Waals surface area contributed by atoms with Crippen molar-refractivity contribution in [3.05, 3.63) is 28.8 Å². The zero-order valence-electron chi connectivity index (χ0n) is 10.8. The van der Waals surface area contributed by atoms with Gasteiger partial charge in [-0.25, -0.2) is 0 Å². The molecule has 0 saturated heterocycles. The third-order valence-corrected chi connectivity index (χ3v) is 2.62. The Bertz CT molecular complexity index is 360. The topological polar surface area (TPSA) is 50.7 Å². The van der Waals surface area contributed by atoms with Crippen LogP contribution >= 0.6 is 11.6 Å². The van der Waals surface area contributed by atoms with Crippen molar-refractivity contribution in [3.63, 3.8) is 0 Å². The summed E-state index contributed by atoms with van der Waals surface area (Å²) < 4.78 is 10.5. The number of rotatable bonds is 8. The zero-order valence-corrected chi connectivity index (χ0v) is 11.5. The van der Waals surface area contributed by atoms with Crippen LogP contribution in [0.4, 0.5) is 0 Å². The molecule has 0 saturated carbocycles. The van der Waals surface area contributed by atoms with Gasteiger partial charge in [0.2, 0.25) is 0 Å². The van der Waals surface area contributed by atoms with Crippen LogP contribution in [0, 0.1) is 0 Å². The number of hydrogen-bond donors (Lipinski definition) is 2. The summed E-state index contributed by atoms with van der Waals surface area (Å²) in [4.78, 5) is 0. The minimum absolute atomic E-state index is 0.172. The van der Waals surface area contributed by atoms with Gasteiger partial charge in [0.1, 0.15) is 18.5 Å². The molecule has 5 heteroatoms. The van der Waals surface area contributed by atoms with Crippen molar-refractivity contribution < 1.29 is 14.6 Å². The van der Waals surface area contributed by atoms with Crippen LogP contribution in [-0.4, -0.2) is 38.1 Å². The number of benzene rings is 1. The van der Waals surface area contributed by atoms with E-state index < -0.39 is 6.10 Å². The van der Waals surface area contributed by atoms with E-state index in [0.29, 0.717) is 17.4 Å². The molecule has 102 valence electrons. The quantitative estimate of drug-likeness (QED) is 0.759. The highest BCUT2D eigenvalue weighted by atomic mass is 35.5. The molecule has 4 nitrogen and oxygen atoms in total. The van der Waals surface area contributed by atoms with Crippen molar-refractivity contribution in [3.8, 4) is 5.75 Å². The van der Waals surface area contributed by atoms with Crippen LogP contribution < -0.4 is 10.1 Å². The molecule has 1 aromatic rings. The highest BCUT2D eigenvalue weighted by Gasteiger charge is 2.08. The number of aliphatic hydroxyl groups is 1. The maximum absolute atomic E-state index is 9.57. The van der Waals surface area contributed by atoms with Crippen molar-refractivity contribution in [1.82, 2.24) is 5.32 Å². The van der Waals surface area contributed by atoms with Gasteiger partial charge in [-0.05, 0) is 31.7 Å². The predicted molar refractivity (Wildman–Crippen MR) is 72.2 cm³/mol. The van der Waals surface area contributed by atoms with E-state index in [1.165, 1.54) is 0 Å². The van der Waals surface area contributed by atoms with Gasteiger partial charge in [-0.15, -0.1) is 0 Å². The Hall–Kier alpha value is -0.810. The van der Waals surface area contributed by atoms with Gasteiger partial charge in [0.15, 0.2) is 0 Å². The van der Waals surface area contributed by atoms with E-state index in [2.05, 4.69) is 5.32 Å². The van der Waals surface area contributed by atoms with Gasteiger partial charge in [0, 0.05) is 13.2 Å². The number of halogens is 1. The third kappa shape index (κ3) is 5.23. The summed E-state index contributed by atoms with van der Waals surface area (Å²) in [5, 5.41) is 13.2. The highest BCUT2D eigenvalue weighted by molar-refractivity contribution is 6.32. The van der Waals surface area contributed by atoms with Crippen LogP contribution in [0.2, 0.25) is 5.02 Å². The zero-order chi connectivity index (χ0) is 13.4. The maximum atomic E-state index is 9.57. The summed E-state index contributed by atoms with van der Waals surface area (Å²) in [6, 6.07) is 5.59. The average molecular weight is 274 g/mol. The van der Waals surface area contributed by atoms with Crippen LogP contribution in [0.1, 0.15) is 12.5 Å². The summed E-state index contributed by atoms with van der Waals surface area (Å²) in [6.45, 7) is 3.66. The lowest BCUT2D eigenvalue weighted by molar-refractivity contribution is 0.0164. The molecule has 0 spiro atoms. The summed E-state index contributed by atoms with van der Waals surface area (Å²) in [5.74, 6) is 0.576. The second-order valence-corrected chi connectivity index (χ2v) is 4.33. The van der Waals surface area contributed by atoms with Crippen LogP contribution in [0.5, 0.6) is 5.75 Å². The Morgan fingerprint density at radius 2 is 2.17 bits per heavy atom. The first kappa shape index (κ1) is 15.2. The summed E-state index contributed by atoms with van der Waals surface area (Å²) in [5.41, 5.74) is 1.09. The third-order valence-electron chi connectivity index (χ3n) is 2.32. The van der Waals surface area contributed by atoms with Gasteiger partial charge in [-0.3, -0.25) is 0 Å². The molecule has 0 amide bonds. The lowest BCUT2D eigenvalue weighted by Gasteiger charge is -2.13. The molecule has 0 bridgehead atoms. The molecule has 1 unspecified atom stereocenters. The minimum Gasteiger partial charge on any atom is -0.489 e. The molecule has 2 N–H and O–H groups in total. The van der Waals surface area contributed by atoms with Crippen molar-refractivity contribution >= 4 is 11.6 Å². The number of hydrogen-bond acceptors (Lipinski definition) is 4. The van der Waals surface area contributed by atoms with Crippen LogP contribution in [0.3, 0.4) is 0 Å². The smallest absolute Gasteiger partial charge is 0.138 e. The van der Waals surface area contributed by atoms with E-state index in [-0.39, 0.29) is 13.2 Å². The number of nitrogens with one attached hydrogen (secondary N) is 1. The van der Waals surface area contributed by atoms with E-state index in [0.717, 1.165) is 12.1 Å². The molecule has 1 atom stereocenters. The molecular weight excluding hydrogens is 254 g/mol. The van der Waals surface area contributed by atoms with E-state index in [9.17, 15) is 5.11 Å². The van der Waals surface area contributed by atoms with E-state index >= 15 is 0 Å². The Labute approximate surface area is 113 Å². The molecule has 0 radical (unpaired) electrons. The molecule has 0 aliphatic carbocycles. The van der Waals surface area contributed by atoms with Gasteiger partial charge in [0.05, 0.1) is 11.6 Å². The largest absolute Gasteiger partial charge is 0.489 e. The fourth-order valence-electron chi connectivity index (χ4n) is 1.46. The first-order chi connectivity index (χ1) is 8.67. The normalized spacial score (nSPS) is 12.4. The van der Waals surface area contributed by atoms with Gasteiger partial charge in [-0.1, -0.05) is 17.7 Å². The van der Waals surface area contributed by atoms with E-state index in [4.69, 9.17) is 21.1 Å². The summed E-state index contributed by atoms with van der Waals surface area (Å²) in [7, 11) is 1.88. The van der Waals surface area contributed by atoms with Gasteiger partial charge in [0.25, 0.3) is 0 Å². The fourth-order valence-corrected chi connectivity index (χ4v) is 1.72. The van der Waals surface area contributed by atoms with Crippen molar-refractivity contribution in [2.75, 3.05) is 26.9 Å². The molecule has 0 aliphatic heterocycles. The molecule has 0 fully saturated rings. The highest BCUT2D eigenvalue weighted by Crippen LogP contribution is 2.25. The fraction of sp³-hybridized carbons (Fsp3) is 0.538. The van der Waals surface area contributed by atoms with Gasteiger partial charge < -0.3 is 19.9 Å². The monoisotopic (exact) mass is 273 g/mol. The van der Waals surface area contributed by atoms with Gasteiger partial charge >= 0.3 is 0 Å². The summed E-state index contributed by atoms with van der Waals surface area (Å²) >= 11 is 6.09. The second kappa shape index (κ2) is 8.32. The molecular formula is C13H20ClNO3. The van der Waals surface area contributed by atoms with Crippen molar-refractivity contribution in [2.45, 2.75) is 19.6 Å². The minimum atomic E-state index is -0.641. The van der Waals surface area contributed by atoms with Crippen LogP contribution in [0.25, 0.3) is 0 Å². The lowest BCUT2D eigenvalue weighted by atomic mass is 10.2. The lowest BCUT2D eigenvalue weighted by Crippen LogP contribution is -2.23. The standard InChI is InChI=1S/C13H20ClNO3/c1-3-17-8-11(16)9-18-13-5-4-10(7-15-2)6-12(13)14/h4-6,11,15-16H,3,7-9H2,1-2H3. The molecule has 1 aromatic carbocycles. The first-order valence-electron chi connectivity index (χ1n) is 5.99. The van der Waals surface area contributed by atoms with Crippen molar-refractivity contribution in [2.24, 2.45) is 0 Å². The Morgan fingerprint density at radius 3 is 2.78 bits per heavy atom. The predicted octanol–water partition coefficient (Wildman–Crippen LogP) is 1.84. The SMILES string of the molecule is CCOCC(O)COc1ccc(CNC)cc1Cl. The first-order valence-corrected chi connectivity index (χ1v) is 6.36. The van der Waals surface area contributed by atoms with Crippen molar-refractivity contribution in [1.29, 1.82) is 0 Å². The van der Waals surface area contributed by atoms with Gasteiger partial charge in [-0.2, -0.15) is 0 Å². The number of aliphatic hydroxyl groups excluding tert-OH is 1. The number of ether oxygens (including phenoxy) is 2. The van der Waals surface area contributed by atoms with E-state index in [1.807, 2.05) is 32.2 Å². The Morgan fingerprint density at radius 1 is 1.39 bits per heavy atom. The molecule has 0 aliphatic rings. The Balaban J connectivity index is 2.47. The molecule has 1 rings (SSSR count). The Kier molecular flexibility index (Phi) is 7.05. The molecule has 0 heterocycles. The van der Waals surface area contributed by atoms with E-state index in [1.54, 1.807) is 0 Å². The second-order valence-electron chi connectivity index (χ2n) is 3.92. The maximum Gasteiger partial charge on any atom is 0.138 e. The summed E-state index contributed by atoms with van der Waals surface area (Å²) in [6.07, 6.45) is -0.641. The van der Waals surface area contributed by atoms with Crippen LogP contribution in [-0.2, 0) is 11.3 Å².